The molecule has 1 saturated carbocycles. The van der Waals surface area contributed by atoms with Crippen molar-refractivity contribution < 1.29 is 0 Å². The summed E-state index contributed by atoms with van der Waals surface area (Å²) in [7, 11) is 0. The van der Waals surface area contributed by atoms with Crippen LogP contribution in [0.1, 0.15) is 71.1 Å². The van der Waals surface area contributed by atoms with Crippen LogP contribution in [0.25, 0.3) is 0 Å². The third-order valence-electron chi connectivity index (χ3n) is 6.34. The van der Waals surface area contributed by atoms with Crippen molar-refractivity contribution >= 4 is 0 Å². The highest BCUT2D eigenvalue weighted by molar-refractivity contribution is 4.93. The molecule has 2 aliphatic heterocycles. The van der Waals surface area contributed by atoms with E-state index in [-0.39, 0.29) is 0 Å². The minimum absolute atomic E-state index is 0.640. The highest BCUT2D eigenvalue weighted by Crippen LogP contribution is 2.40. The van der Waals surface area contributed by atoms with Crippen LogP contribution in [0.15, 0.2) is 0 Å². The van der Waals surface area contributed by atoms with E-state index in [2.05, 4.69) is 17.1 Å². The molecular weight excluding hydrogens is 244 g/mol. The van der Waals surface area contributed by atoms with Crippen molar-refractivity contribution in [1.29, 1.82) is 0 Å². The normalized spacial score (nSPS) is 31.9. The Morgan fingerprint density at radius 1 is 1.05 bits per heavy atom. The molecule has 116 valence electrons. The molecule has 3 rings (SSSR count). The lowest BCUT2D eigenvalue weighted by Gasteiger charge is -2.43. The van der Waals surface area contributed by atoms with Crippen LogP contribution in [-0.4, -0.2) is 37.1 Å². The summed E-state index contributed by atoms with van der Waals surface area (Å²) < 4.78 is 0. The Morgan fingerprint density at radius 3 is 2.50 bits per heavy atom. The van der Waals surface area contributed by atoms with Gasteiger partial charge in [0.1, 0.15) is 0 Å². The molecule has 1 atom stereocenters. The summed E-state index contributed by atoms with van der Waals surface area (Å²) >= 11 is 0. The van der Waals surface area contributed by atoms with E-state index in [4.69, 9.17) is 0 Å². The summed E-state index contributed by atoms with van der Waals surface area (Å²) in [6, 6.07) is 0.945. The standard InChI is InChI=1S/C18H34N2/c1-2-9-18(10-12-19-13-11-18)15-20-14-5-8-17(20)16-6-3-4-7-16/h16-17,19H,2-15H2,1H3. The fraction of sp³-hybridized carbons (Fsp3) is 1.00. The van der Waals surface area contributed by atoms with Crippen molar-refractivity contribution in [2.45, 2.75) is 77.2 Å². The average Bonchev–Trinajstić information content (AvgIpc) is 3.10. The van der Waals surface area contributed by atoms with Crippen LogP contribution in [-0.2, 0) is 0 Å². The fourth-order valence-corrected chi connectivity index (χ4v) is 5.33. The number of nitrogens with one attached hydrogen (secondary N) is 1. The van der Waals surface area contributed by atoms with Crippen molar-refractivity contribution in [3.05, 3.63) is 0 Å². The molecule has 0 aromatic carbocycles. The van der Waals surface area contributed by atoms with Crippen molar-refractivity contribution in [2.24, 2.45) is 11.3 Å². The van der Waals surface area contributed by atoms with E-state index in [1.165, 1.54) is 90.4 Å². The maximum atomic E-state index is 3.57. The summed E-state index contributed by atoms with van der Waals surface area (Å²) in [5.41, 5.74) is 0.640. The van der Waals surface area contributed by atoms with E-state index in [1.54, 1.807) is 0 Å². The van der Waals surface area contributed by atoms with Gasteiger partial charge in [-0.3, -0.25) is 4.90 Å². The molecule has 0 aromatic heterocycles. The number of nitrogens with zero attached hydrogens (tertiary/aromatic N) is 1. The van der Waals surface area contributed by atoms with E-state index >= 15 is 0 Å². The fourth-order valence-electron chi connectivity index (χ4n) is 5.33. The molecule has 2 saturated heterocycles. The Balaban J connectivity index is 1.64. The minimum Gasteiger partial charge on any atom is -0.317 e. The van der Waals surface area contributed by atoms with E-state index in [0.29, 0.717) is 5.41 Å². The van der Waals surface area contributed by atoms with Crippen LogP contribution >= 0.6 is 0 Å². The first-order valence-corrected chi connectivity index (χ1v) is 9.28. The summed E-state index contributed by atoms with van der Waals surface area (Å²) in [5, 5.41) is 3.57. The number of piperidine rings is 1. The molecule has 2 heteroatoms. The third-order valence-corrected chi connectivity index (χ3v) is 6.34. The summed E-state index contributed by atoms with van der Waals surface area (Å²) in [6.45, 7) is 7.68. The Kier molecular flexibility index (Phi) is 5.04. The van der Waals surface area contributed by atoms with Crippen molar-refractivity contribution in [3.8, 4) is 0 Å². The van der Waals surface area contributed by atoms with Gasteiger partial charge >= 0.3 is 0 Å². The summed E-state index contributed by atoms with van der Waals surface area (Å²) in [4.78, 5) is 2.93. The molecule has 3 aliphatic rings. The highest BCUT2D eigenvalue weighted by atomic mass is 15.2. The van der Waals surface area contributed by atoms with Gasteiger partial charge in [-0.1, -0.05) is 26.2 Å². The van der Waals surface area contributed by atoms with Gasteiger partial charge in [0, 0.05) is 12.6 Å². The lowest BCUT2D eigenvalue weighted by Crippen LogP contribution is -2.47. The molecule has 0 spiro atoms. The van der Waals surface area contributed by atoms with Crippen molar-refractivity contribution in [2.75, 3.05) is 26.2 Å². The molecule has 20 heavy (non-hydrogen) atoms. The first-order chi connectivity index (χ1) is 9.83. The minimum atomic E-state index is 0.640. The molecule has 3 fully saturated rings. The topological polar surface area (TPSA) is 15.3 Å². The quantitative estimate of drug-likeness (QED) is 0.822. The molecule has 2 nitrogen and oxygen atoms in total. The van der Waals surface area contributed by atoms with Gasteiger partial charge in [0.25, 0.3) is 0 Å². The average molecular weight is 278 g/mol. The zero-order chi connectivity index (χ0) is 13.8. The van der Waals surface area contributed by atoms with E-state index in [1.807, 2.05) is 0 Å². The Bertz CT molecular complexity index is 284. The highest BCUT2D eigenvalue weighted by Gasteiger charge is 2.39. The van der Waals surface area contributed by atoms with Gasteiger partial charge in [0.15, 0.2) is 0 Å². The molecular formula is C18H34N2. The molecule has 1 aliphatic carbocycles. The predicted molar refractivity (Wildman–Crippen MR) is 86.0 cm³/mol. The van der Waals surface area contributed by atoms with Gasteiger partial charge < -0.3 is 5.32 Å². The summed E-state index contributed by atoms with van der Waals surface area (Å²) in [6.07, 6.45) is 14.6. The van der Waals surface area contributed by atoms with Crippen molar-refractivity contribution in [3.63, 3.8) is 0 Å². The van der Waals surface area contributed by atoms with Crippen LogP contribution in [0, 0.1) is 11.3 Å². The molecule has 1 unspecified atom stereocenters. The molecule has 2 heterocycles. The zero-order valence-electron chi connectivity index (χ0n) is 13.5. The smallest absolute Gasteiger partial charge is 0.0124 e. The second-order valence-electron chi connectivity index (χ2n) is 7.72. The lowest BCUT2D eigenvalue weighted by molar-refractivity contribution is 0.0760. The Hall–Kier alpha value is -0.0800. The predicted octanol–water partition coefficient (Wildman–Crippen LogP) is 3.81. The molecule has 0 bridgehead atoms. The maximum Gasteiger partial charge on any atom is 0.0124 e. The van der Waals surface area contributed by atoms with Crippen molar-refractivity contribution in [1.82, 2.24) is 10.2 Å². The Morgan fingerprint density at radius 2 is 1.80 bits per heavy atom. The van der Waals surface area contributed by atoms with Gasteiger partial charge in [-0.2, -0.15) is 0 Å². The molecule has 0 aromatic rings. The largest absolute Gasteiger partial charge is 0.317 e. The van der Waals surface area contributed by atoms with Crippen LogP contribution in [0.5, 0.6) is 0 Å². The second kappa shape index (κ2) is 6.79. The van der Waals surface area contributed by atoms with Gasteiger partial charge in [-0.25, -0.2) is 0 Å². The number of rotatable bonds is 5. The number of hydrogen-bond acceptors (Lipinski definition) is 2. The lowest BCUT2D eigenvalue weighted by atomic mass is 9.74. The zero-order valence-corrected chi connectivity index (χ0v) is 13.5. The van der Waals surface area contributed by atoms with Gasteiger partial charge in [0.05, 0.1) is 0 Å². The number of hydrogen-bond donors (Lipinski definition) is 1. The molecule has 1 N–H and O–H groups in total. The molecule has 0 amide bonds. The van der Waals surface area contributed by atoms with E-state index in [9.17, 15) is 0 Å². The first kappa shape index (κ1) is 14.8. The van der Waals surface area contributed by atoms with Crippen LogP contribution in [0.4, 0.5) is 0 Å². The third kappa shape index (κ3) is 3.22. The van der Waals surface area contributed by atoms with Crippen LogP contribution in [0.3, 0.4) is 0 Å². The van der Waals surface area contributed by atoms with Gasteiger partial charge in [0.2, 0.25) is 0 Å². The first-order valence-electron chi connectivity index (χ1n) is 9.28. The van der Waals surface area contributed by atoms with Crippen LogP contribution in [0.2, 0.25) is 0 Å². The second-order valence-corrected chi connectivity index (χ2v) is 7.72. The van der Waals surface area contributed by atoms with Gasteiger partial charge in [-0.05, 0) is 75.9 Å². The van der Waals surface area contributed by atoms with E-state index in [0.717, 1.165) is 12.0 Å². The monoisotopic (exact) mass is 278 g/mol. The molecule has 0 radical (unpaired) electrons. The number of likely N-dealkylation sites (tertiary alicyclic amines) is 1. The van der Waals surface area contributed by atoms with Crippen LogP contribution < -0.4 is 5.32 Å². The Labute approximate surface area is 125 Å². The SMILES string of the molecule is CCCC1(CN2CCCC2C2CCCC2)CCNCC1. The summed E-state index contributed by atoms with van der Waals surface area (Å²) in [5.74, 6) is 1.04. The maximum absolute atomic E-state index is 3.57. The van der Waals surface area contributed by atoms with Gasteiger partial charge in [-0.15, -0.1) is 0 Å². The van der Waals surface area contributed by atoms with E-state index < -0.39 is 0 Å².